The summed E-state index contributed by atoms with van der Waals surface area (Å²) in [5, 5.41) is 13.8. The summed E-state index contributed by atoms with van der Waals surface area (Å²) in [4.78, 5) is 0. The van der Waals surface area contributed by atoms with Crippen LogP contribution in [0.4, 0.5) is 0 Å². The molecule has 0 heterocycles. The van der Waals surface area contributed by atoms with Gasteiger partial charge in [0.15, 0.2) is 0 Å². The van der Waals surface area contributed by atoms with E-state index in [1.165, 1.54) is 32.1 Å². The van der Waals surface area contributed by atoms with Crippen LogP contribution in [-0.4, -0.2) is 11.1 Å². The van der Waals surface area contributed by atoms with Gasteiger partial charge in [-0.2, -0.15) is 0 Å². The van der Waals surface area contributed by atoms with Gasteiger partial charge in [-0.1, -0.05) is 51.3 Å². The smallest absolute Gasteiger partial charge is 0.120 e. The number of aromatic hydroxyl groups is 1. The van der Waals surface area contributed by atoms with Crippen LogP contribution in [0.15, 0.2) is 24.3 Å². The Bertz CT molecular complexity index is 391. The van der Waals surface area contributed by atoms with Gasteiger partial charge >= 0.3 is 0 Å². The lowest BCUT2D eigenvalue weighted by Crippen LogP contribution is -2.36. The third-order valence-corrected chi connectivity index (χ3v) is 4.52. The van der Waals surface area contributed by atoms with Crippen molar-refractivity contribution in [3.8, 4) is 5.75 Å². The molecule has 1 aliphatic carbocycles. The van der Waals surface area contributed by atoms with E-state index in [1.807, 2.05) is 18.2 Å². The molecule has 0 amide bonds. The Kier molecular flexibility index (Phi) is 5.26. The standard InChI is InChI=1S/C17H27NO/c1-3-13-8-7-9-14(12-13)18-16(4-2)15-10-5-6-11-17(15)19/h5-6,10-11,13-14,16,18-19H,3-4,7-9,12H2,1-2H3. The average molecular weight is 261 g/mol. The quantitative estimate of drug-likeness (QED) is 0.823. The van der Waals surface area contributed by atoms with Crippen molar-refractivity contribution in [2.75, 3.05) is 0 Å². The lowest BCUT2D eigenvalue weighted by Gasteiger charge is -2.32. The van der Waals surface area contributed by atoms with E-state index in [-0.39, 0.29) is 6.04 Å². The van der Waals surface area contributed by atoms with Gasteiger partial charge in [-0.15, -0.1) is 0 Å². The largest absolute Gasteiger partial charge is 0.508 e. The highest BCUT2D eigenvalue weighted by molar-refractivity contribution is 5.34. The molecular weight excluding hydrogens is 234 g/mol. The summed E-state index contributed by atoms with van der Waals surface area (Å²) >= 11 is 0. The number of hydrogen-bond donors (Lipinski definition) is 2. The van der Waals surface area contributed by atoms with Crippen LogP contribution < -0.4 is 5.32 Å². The average Bonchev–Trinajstić information content (AvgIpc) is 2.46. The van der Waals surface area contributed by atoms with E-state index in [9.17, 15) is 5.11 Å². The maximum atomic E-state index is 10.00. The van der Waals surface area contributed by atoms with Crippen molar-refractivity contribution in [3.63, 3.8) is 0 Å². The van der Waals surface area contributed by atoms with Gasteiger partial charge in [-0.3, -0.25) is 0 Å². The first-order valence-electron chi connectivity index (χ1n) is 7.78. The Labute approximate surface area is 117 Å². The van der Waals surface area contributed by atoms with E-state index in [0.717, 1.165) is 17.9 Å². The molecule has 2 heteroatoms. The van der Waals surface area contributed by atoms with Crippen molar-refractivity contribution in [2.45, 2.75) is 64.5 Å². The lowest BCUT2D eigenvalue weighted by molar-refractivity contribution is 0.258. The third-order valence-electron chi connectivity index (χ3n) is 4.52. The molecule has 0 saturated heterocycles. The number of hydrogen-bond acceptors (Lipinski definition) is 2. The first-order valence-corrected chi connectivity index (χ1v) is 7.78. The van der Waals surface area contributed by atoms with Crippen molar-refractivity contribution < 1.29 is 5.11 Å². The molecule has 106 valence electrons. The number of phenols is 1. The molecular formula is C17H27NO. The zero-order valence-corrected chi connectivity index (χ0v) is 12.2. The van der Waals surface area contributed by atoms with E-state index in [2.05, 4.69) is 19.2 Å². The topological polar surface area (TPSA) is 32.3 Å². The molecule has 1 fully saturated rings. The van der Waals surface area contributed by atoms with Gasteiger partial charge in [0, 0.05) is 17.6 Å². The fourth-order valence-electron chi connectivity index (χ4n) is 3.31. The van der Waals surface area contributed by atoms with Crippen LogP contribution >= 0.6 is 0 Å². The van der Waals surface area contributed by atoms with Crippen LogP contribution in [0.25, 0.3) is 0 Å². The summed E-state index contributed by atoms with van der Waals surface area (Å²) in [7, 11) is 0. The Morgan fingerprint density at radius 3 is 2.74 bits per heavy atom. The molecule has 1 aliphatic rings. The molecule has 2 rings (SSSR count). The minimum atomic E-state index is 0.279. The normalized spacial score (nSPS) is 25.2. The lowest BCUT2D eigenvalue weighted by atomic mass is 9.83. The highest BCUT2D eigenvalue weighted by Crippen LogP contribution is 2.31. The maximum Gasteiger partial charge on any atom is 0.120 e. The molecule has 1 aromatic carbocycles. The number of rotatable bonds is 5. The first-order chi connectivity index (χ1) is 9.24. The minimum Gasteiger partial charge on any atom is -0.508 e. The van der Waals surface area contributed by atoms with Gasteiger partial charge < -0.3 is 10.4 Å². The highest BCUT2D eigenvalue weighted by Gasteiger charge is 2.23. The Hall–Kier alpha value is -1.02. The van der Waals surface area contributed by atoms with Crippen LogP contribution in [0.3, 0.4) is 0 Å². The van der Waals surface area contributed by atoms with Crippen molar-refractivity contribution in [3.05, 3.63) is 29.8 Å². The molecule has 3 unspecified atom stereocenters. The van der Waals surface area contributed by atoms with Crippen LogP contribution in [0.2, 0.25) is 0 Å². The summed E-state index contributed by atoms with van der Waals surface area (Å²) in [6.45, 7) is 4.48. The van der Waals surface area contributed by atoms with Gasteiger partial charge in [0.1, 0.15) is 5.75 Å². The van der Waals surface area contributed by atoms with E-state index >= 15 is 0 Å². The summed E-state index contributed by atoms with van der Waals surface area (Å²) in [5.74, 6) is 1.30. The first kappa shape index (κ1) is 14.4. The molecule has 19 heavy (non-hydrogen) atoms. The molecule has 2 nitrogen and oxygen atoms in total. The number of benzene rings is 1. The SMILES string of the molecule is CCC1CCCC(NC(CC)c2ccccc2O)C1. The van der Waals surface area contributed by atoms with Crippen LogP contribution in [0, 0.1) is 5.92 Å². The fourth-order valence-corrected chi connectivity index (χ4v) is 3.31. The van der Waals surface area contributed by atoms with Gasteiger partial charge in [-0.25, -0.2) is 0 Å². The van der Waals surface area contributed by atoms with Crippen molar-refractivity contribution in [2.24, 2.45) is 5.92 Å². The summed E-state index contributed by atoms with van der Waals surface area (Å²) < 4.78 is 0. The Morgan fingerprint density at radius 1 is 1.26 bits per heavy atom. The Morgan fingerprint density at radius 2 is 2.05 bits per heavy atom. The van der Waals surface area contributed by atoms with Crippen molar-refractivity contribution in [1.82, 2.24) is 5.32 Å². The van der Waals surface area contributed by atoms with E-state index < -0.39 is 0 Å². The second kappa shape index (κ2) is 6.95. The van der Waals surface area contributed by atoms with Crippen molar-refractivity contribution in [1.29, 1.82) is 0 Å². The molecule has 0 radical (unpaired) electrons. The van der Waals surface area contributed by atoms with E-state index in [4.69, 9.17) is 0 Å². The number of para-hydroxylation sites is 1. The molecule has 3 atom stereocenters. The van der Waals surface area contributed by atoms with Crippen LogP contribution in [0.1, 0.15) is 64.0 Å². The third kappa shape index (κ3) is 3.73. The minimum absolute atomic E-state index is 0.279. The second-order valence-electron chi connectivity index (χ2n) is 5.82. The van der Waals surface area contributed by atoms with E-state index in [0.29, 0.717) is 11.8 Å². The molecule has 0 aliphatic heterocycles. The molecule has 0 bridgehead atoms. The monoisotopic (exact) mass is 261 g/mol. The molecule has 2 N–H and O–H groups in total. The zero-order valence-electron chi connectivity index (χ0n) is 12.2. The maximum absolute atomic E-state index is 10.00. The Balaban J connectivity index is 2.01. The predicted octanol–water partition coefficient (Wildman–Crippen LogP) is 4.40. The van der Waals surface area contributed by atoms with Crippen molar-refractivity contribution >= 4 is 0 Å². The molecule has 1 saturated carbocycles. The van der Waals surface area contributed by atoms with E-state index in [1.54, 1.807) is 6.07 Å². The van der Waals surface area contributed by atoms with Crippen LogP contribution in [-0.2, 0) is 0 Å². The number of phenolic OH excluding ortho intramolecular Hbond substituents is 1. The van der Waals surface area contributed by atoms with Gasteiger partial charge in [0.05, 0.1) is 0 Å². The molecule has 0 spiro atoms. The molecule has 1 aromatic rings. The fraction of sp³-hybridized carbons (Fsp3) is 0.647. The summed E-state index contributed by atoms with van der Waals surface area (Å²) in [6.07, 6.45) is 7.62. The second-order valence-corrected chi connectivity index (χ2v) is 5.82. The number of nitrogens with one attached hydrogen (secondary N) is 1. The summed E-state index contributed by atoms with van der Waals surface area (Å²) in [6, 6.07) is 8.62. The van der Waals surface area contributed by atoms with Gasteiger partial charge in [0.25, 0.3) is 0 Å². The highest BCUT2D eigenvalue weighted by atomic mass is 16.3. The van der Waals surface area contributed by atoms with Gasteiger partial charge in [-0.05, 0) is 31.2 Å². The van der Waals surface area contributed by atoms with Gasteiger partial charge in [0.2, 0.25) is 0 Å². The molecule has 0 aromatic heterocycles. The predicted molar refractivity (Wildman–Crippen MR) is 80.3 cm³/mol. The van der Waals surface area contributed by atoms with Crippen LogP contribution in [0.5, 0.6) is 5.75 Å². The zero-order chi connectivity index (χ0) is 13.7. The summed E-state index contributed by atoms with van der Waals surface area (Å²) in [5.41, 5.74) is 1.05.